The number of nitrogens with zero attached hydrogens (tertiary/aromatic N) is 1. The monoisotopic (exact) mass is 405 g/mol. The third-order valence-corrected chi connectivity index (χ3v) is 10.2. The van der Waals surface area contributed by atoms with Crippen LogP contribution in [0.5, 0.6) is 0 Å². The zero-order valence-corrected chi connectivity index (χ0v) is 18.9. The van der Waals surface area contributed by atoms with E-state index in [4.69, 9.17) is 0 Å². The Morgan fingerprint density at radius 3 is 2.11 bits per heavy atom. The Kier molecular flexibility index (Phi) is 7.12. The third kappa shape index (κ3) is 5.31. The van der Waals surface area contributed by atoms with E-state index >= 15 is 0 Å². The maximum absolute atomic E-state index is 12.7. The van der Waals surface area contributed by atoms with Gasteiger partial charge < -0.3 is 4.90 Å². The van der Waals surface area contributed by atoms with Crippen molar-refractivity contribution in [1.29, 1.82) is 0 Å². The molecular formula is C24H39NO2S. The van der Waals surface area contributed by atoms with Crippen molar-refractivity contribution in [3.05, 3.63) is 29.8 Å². The third-order valence-electron chi connectivity index (χ3n) is 7.36. The van der Waals surface area contributed by atoms with Gasteiger partial charge in [-0.1, -0.05) is 31.9 Å². The van der Waals surface area contributed by atoms with Crippen molar-refractivity contribution in [3.8, 4) is 0 Å². The summed E-state index contributed by atoms with van der Waals surface area (Å²) in [5, 5.41) is 0. The summed E-state index contributed by atoms with van der Waals surface area (Å²) < 4.78 is 24.7. The fourth-order valence-electron chi connectivity index (χ4n) is 4.66. The molecule has 0 amide bonds. The summed E-state index contributed by atoms with van der Waals surface area (Å²) in [6.45, 7) is 8.14. The zero-order chi connectivity index (χ0) is 20.2. The molecule has 2 fully saturated rings. The first-order chi connectivity index (χ1) is 13.3. The van der Waals surface area contributed by atoms with E-state index in [1.54, 1.807) is 0 Å². The molecule has 1 aromatic carbocycles. The van der Waals surface area contributed by atoms with Crippen LogP contribution in [0.2, 0.25) is 0 Å². The van der Waals surface area contributed by atoms with Crippen molar-refractivity contribution >= 4 is 15.5 Å². The molecule has 3 nitrogen and oxygen atoms in total. The molecule has 3 rings (SSSR count). The molecular weight excluding hydrogens is 366 g/mol. The van der Waals surface area contributed by atoms with Crippen LogP contribution in [0.15, 0.2) is 24.3 Å². The van der Waals surface area contributed by atoms with Crippen molar-refractivity contribution in [1.82, 2.24) is 0 Å². The number of rotatable bonds is 8. The van der Waals surface area contributed by atoms with Crippen molar-refractivity contribution in [2.24, 2.45) is 11.8 Å². The summed E-state index contributed by atoms with van der Waals surface area (Å²) in [4.78, 5) is 2.49. The lowest BCUT2D eigenvalue weighted by Gasteiger charge is -2.31. The Balaban J connectivity index is 1.42. The van der Waals surface area contributed by atoms with Gasteiger partial charge in [-0.2, -0.15) is 0 Å². The molecule has 0 spiro atoms. The molecule has 0 N–H and O–H groups in total. The molecule has 1 aliphatic heterocycles. The minimum absolute atomic E-state index is 0.367. The van der Waals surface area contributed by atoms with E-state index in [-0.39, 0.29) is 0 Å². The van der Waals surface area contributed by atoms with Crippen LogP contribution in [0, 0.1) is 11.8 Å². The topological polar surface area (TPSA) is 37.4 Å². The summed E-state index contributed by atoms with van der Waals surface area (Å²) in [5.74, 6) is 1.52. The van der Waals surface area contributed by atoms with Crippen molar-refractivity contribution in [2.45, 2.75) is 83.3 Å². The number of anilines is 1. The molecule has 0 atom stereocenters. The fourth-order valence-corrected chi connectivity index (χ4v) is 6.51. The van der Waals surface area contributed by atoms with E-state index in [2.05, 4.69) is 29.2 Å². The second-order valence-corrected chi connectivity index (χ2v) is 12.3. The van der Waals surface area contributed by atoms with Crippen LogP contribution < -0.4 is 4.90 Å². The number of aryl methyl sites for hydroxylation is 1. The summed E-state index contributed by atoms with van der Waals surface area (Å²) >= 11 is 0. The molecule has 28 heavy (non-hydrogen) atoms. The van der Waals surface area contributed by atoms with E-state index < -0.39 is 14.6 Å². The molecule has 4 heteroatoms. The lowest BCUT2D eigenvalue weighted by Crippen LogP contribution is -2.36. The van der Waals surface area contributed by atoms with Crippen LogP contribution in [0.25, 0.3) is 0 Å². The highest BCUT2D eigenvalue weighted by Gasteiger charge is 2.35. The smallest absolute Gasteiger partial charge is 0.155 e. The average Bonchev–Trinajstić information content (AvgIpc) is 3.22. The average molecular weight is 406 g/mol. The molecule has 0 aromatic heterocycles. The van der Waals surface area contributed by atoms with Gasteiger partial charge in [-0.3, -0.25) is 0 Å². The Morgan fingerprint density at radius 1 is 0.964 bits per heavy atom. The molecule has 1 saturated carbocycles. The Labute approximate surface area is 172 Å². The van der Waals surface area contributed by atoms with Crippen LogP contribution in [0.4, 0.5) is 5.69 Å². The normalized spacial score (nSPS) is 23.9. The number of sulfone groups is 1. The summed E-state index contributed by atoms with van der Waals surface area (Å²) in [6.07, 6.45) is 10.3. The zero-order valence-electron chi connectivity index (χ0n) is 18.1. The lowest BCUT2D eigenvalue weighted by atomic mass is 9.80. The van der Waals surface area contributed by atoms with Crippen molar-refractivity contribution in [2.75, 3.05) is 23.7 Å². The predicted octanol–water partition coefficient (Wildman–Crippen LogP) is 5.63. The molecule has 1 saturated heterocycles. The standard InChI is InChI=1S/C24H39NO2S/c1-4-24(2,3)28(26,27)19-22-11-9-20(10-12-22)7-8-21-13-15-23(16-14-21)25-17-5-6-18-25/h13-16,20,22H,4-12,17-19H2,1-3H3. The molecule has 0 bridgehead atoms. The van der Waals surface area contributed by atoms with Crippen LogP contribution in [-0.4, -0.2) is 32.0 Å². The van der Waals surface area contributed by atoms with Gasteiger partial charge in [0, 0.05) is 18.8 Å². The molecule has 1 aliphatic carbocycles. The first kappa shape index (κ1) is 21.7. The van der Waals surface area contributed by atoms with Gasteiger partial charge in [0.2, 0.25) is 0 Å². The van der Waals surface area contributed by atoms with E-state index in [0.29, 0.717) is 18.1 Å². The van der Waals surface area contributed by atoms with Gasteiger partial charge >= 0.3 is 0 Å². The molecule has 158 valence electrons. The van der Waals surface area contributed by atoms with E-state index in [9.17, 15) is 8.42 Å². The van der Waals surface area contributed by atoms with Crippen molar-refractivity contribution < 1.29 is 8.42 Å². The molecule has 1 aromatic rings. The number of hydrogen-bond acceptors (Lipinski definition) is 3. The molecule has 0 unspecified atom stereocenters. The minimum atomic E-state index is -3.00. The summed E-state index contributed by atoms with van der Waals surface area (Å²) in [5.41, 5.74) is 2.82. The van der Waals surface area contributed by atoms with Gasteiger partial charge in [0.05, 0.1) is 10.5 Å². The second kappa shape index (κ2) is 9.19. The first-order valence-electron chi connectivity index (χ1n) is 11.4. The maximum Gasteiger partial charge on any atom is 0.155 e. The fraction of sp³-hybridized carbons (Fsp3) is 0.750. The van der Waals surface area contributed by atoms with Gasteiger partial charge in [-0.25, -0.2) is 8.42 Å². The van der Waals surface area contributed by atoms with Crippen LogP contribution in [0.3, 0.4) is 0 Å². The number of benzene rings is 1. The Morgan fingerprint density at radius 2 is 1.54 bits per heavy atom. The highest BCUT2D eigenvalue weighted by molar-refractivity contribution is 7.92. The molecule has 2 aliphatic rings. The van der Waals surface area contributed by atoms with E-state index in [0.717, 1.165) is 25.2 Å². The maximum atomic E-state index is 12.7. The Hall–Kier alpha value is -1.03. The second-order valence-electron chi connectivity index (χ2n) is 9.68. The molecule has 0 radical (unpaired) electrons. The van der Waals surface area contributed by atoms with Gasteiger partial charge in [-0.05, 0) is 88.3 Å². The van der Waals surface area contributed by atoms with Crippen LogP contribution >= 0.6 is 0 Å². The van der Waals surface area contributed by atoms with E-state index in [1.807, 2.05) is 20.8 Å². The van der Waals surface area contributed by atoms with Crippen LogP contribution in [-0.2, 0) is 16.3 Å². The summed E-state index contributed by atoms with van der Waals surface area (Å²) in [7, 11) is -3.00. The molecule has 1 heterocycles. The van der Waals surface area contributed by atoms with Crippen molar-refractivity contribution in [3.63, 3.8) is 0 Å². The van der Waals surface area contributed by atoms with Crippen LogP contribution in [0.1, 0.15) is 77.7 Å². The lowest BCUT2D eigenvalue weighted by molar-refractivity contribution is 0.278. The summed E-state index contributed by atoms with van der Waals surface area (Å²) in [6, 6.07) is 9.19. The highest BCUT2D eigenvalue weighted by Crippen LogP contribution is 2.34. The first-order valence-corrected chi connectivity index (χ1v) is 13.0. The predicted molar refractivity (Wildman–Crippen MR) is 120 cm³/mol. The number of hydrogen-bond donors (Lipinski definition) is 0. The Bertz CT molecular complexity index is 709. The minimum Gasteiger partial charge on any atom is -0.372 e. The quantitative estimate of drug-likeness (QED) is 0.562. The van der Waals surface area contributed by atoms with Gasteiger partial charge in [-0.15, -0.1) is 0 Å². The largest absolute Gasteiger partial charge is 0.372 e. The van der Waals surface area contributed by atoms with Gasteiger partial charge in [0.1, 0.15) is 0 Å². The van der Waals surface area contributed by atoms with Gasteiger partial charge in [0.25, 0.3) is 0 Å². The highest BCUT2D eigenvalue weighted by atomic mass is 32.2. The van der Waals surface area contributed by atoms with Gasteiger partial charge in [0.15, 0.2) is 9.84 Å². The SMILES string of the molecule is CCC(C)(C)S(=O)(=O)CC1CCC(CCc2ccc(N3CCCC3)cc2)CC1. The van der Waals surface area contributed by atoms with E-state index in [1.165, 1.54) is 56.4 Å².